The van der Waals surface area contributed by atoms with Crippen molar-refractivity contribution in [3.05, 3.63) is 0 Å². The van der Waals surface area contributed by atoms with Crippen molar-refractivity contribution in [2.24, 2.45) is 0 Å². The topological polar surface area (TPSA) is 49.4 Å². The molecule has 1 saturated carbocycles. The highest BCUT2D eigenvalue weighted by molar-refractivity contribution is 8.01. The zero-order valence-corrected chi connectivity index (χ0v) is 12.5. The third kappa shape index (κ3) is 1.97. The van der Waals surface area contributed by atoms with Crippen LogP contribution in [0.4, 0.5) is 0 Å². The highest BCUT2D eigenvalue weighted by atomic mass is 32.2. The molecule has 3 fully saturated rings. The van der Waals surface area contributed by atoms with Crippen molar-refractivity contribution in [2.45, 2.75) is 68.8 Å². The lowest BCUT2D eigenvalue weighted by Gasteiger charge is -2.43. The fourth-order valence-electron chi connectivity index (χ4n) is 3.53. The number of nitrogens with zero attached hydrogens (tertiary/aromatic N) is 1. The Morgan fingerprint density at radius 2 is 2.21 bits per heavy atom. The molecule has 0 radical (unpaired) electrons. The molecule has 19 heavy (non-hydrogen) atoms. The fraction of sp³-hybridized carbons (Fsp3) is 0.857. The summed E-state index contributed by atoms with van der Waals surface area (Å²) in [5.74, 6) is 0.952. The van der Waals surface area contributed by atoms with Crippen molar-refractivity contribution in [3.8, 4) is 0 Å². The SMILES string of the molecule is CCC1(NC(=O)[C@H]2CS[C@@]3(C)CCC(=O)N23)CCC1. The van der Waals surface area contributed by atoms with Gasteiger partial charge in [-0.2, -0.15) is 0 Å². The molecular weight excluding hydrogens is 260 g/mol. The number of thioether (sulfide) groups is 1. The maximum Gasteiger partial charge on any atom is 0.244 e. The number of nitrogens with one attached hydrogen (secondary N) is 1. The second kappa shape index (κ2) is 4.40. The number of carbonyl (C=O) groups is 2. The van der Waals surface area contributed by atoms with Gasteiger partial charge in [0.2, 0.25) is 11.8 Å². The Bertz CT molecular complexity index is 416. The predicted molar refractivity (Wildman–Crippen MR) is 75.7 cm³/mol. The van der Waals surface area contributed by atoms with E-state index in [9.17, 15) is 9.59 Å². The zero-order chi connectivity index (χ0) is 13.7. The van der Waals surface area contributed by atoms with Crippen LogP contribution in [0.5, 0.6) is 0 Å². The van der Waals surface area contributed by atoms with Gasteiger partial charge in [0.25, 0.3) is 0 Å². The molecule has 0 aromatic heterocycles. The van der Waals surface area contributed by atoms with Crippen molar-refractivity contribution in [1.29, 1.82) is 0 Å². The lowest BCUT2D eigenvalue weighted by molar-refractivity contribution is -0.139. The Kier molecular flexibility index (Phi) is 3.08. The first-order valence-corrected chi connectivity index (χ1v) is 8.26. The average molecular weight is 282 g/mol. The summed E-state index contributed by atoms with van der Waals surface area (Å²) in [5, 5.41) is 3.23. The minimum atomic E-state index is -0.256. The van der Waals surface area contributed by atoms with E-state index in [0.29, 0.717) is 6.42 Å². The number of hydrogen-bond donors (Lipinski definition) is 1. The Balaban J connectivity index is 1.72. The van der Waals surface area contributed by atoms with Crippen LogP contribution in [0.25, 0.3) is 0 Å². The van der Waals surface area contributed by atoms with Crippen molar-refractivity contribution < 1.29 is 9.59 Å². The Hall–Kier alpha value is -0.710. The Morgan fingerprint density at radius 3 is 2.79 bits per heavy atom. The molecule has 0 bridgehead atoms. The van der Waals surface area contributed by atoms with Gasteiger partial charge in [-0.25, -0.2) is 0 Å². The van der Waals surface area contributed by atoms with Gasteiger partial charge in [0.1, 0.15) is 6.04 Å². The summed E-state index contributed by atoms with van der Waals surface area (Å²) in [6.07, 6.45) is 5.82. The molecule has 2 heterocycles. The summed E-state index contributed by atoms with van der Waals surface area (Å²) in [7, 11) is 0. The van der Waals surface area contributed by atoms with Gasteiger partial charge in [-0.1, -0.05) is 6.92 Å². The van der Waals surface area contributed by atoms with E-state index in [0.717, 1.165) is 31.4 Å². The van der Waals surface area contributed by atoms with Crippen LogP contribution in [0.1, 0.15) is 52.4 Å². The lowest BCUT2D eigenvalue weighted by atomic mass is 9.74. The normalized spacial score (nSPS) is 36.0. The van der Waals surface area contributed by atoms with Crippen LogP contribution < -0.4 is 5.32 Å². The highest BCUT2D eigenvalue weighted by Crippen LogP contribution is 2.47. The molecule has 3 aliphatic rings. The first-order valence-electron chi connectivity index (χ1n) is 7.28. The number of rotatable bonds is 3. The number of fused-ring (bicyclic) bond motifs is 1. The van der Waals surface area contributed by atoms with Gasteiger partial charge in [-0.15, -0.1) is 11.8 Å². The lowest BCUT2D eigenvalue weighted by Crippen LogP contribution is -2.59. The number of hydrogen-bond acceptors (Lipinski definition) is 3. The van der Waals surface area contributed by atoms with Crippen LogP contribution in [-0.4, -0.2) is 38.9 Å². The average Bonchev–Trinajstić information content (AvgIpc) is 2.82. The summed E-state index contributed by atoms with van der Waals surface area (Å²) in [4.78, 5) is 26.3. The molecule has 0 aromatic rings. The first kappa shape index (κ1) is 13.3. The molecule has 2 atom stereocenters. The standard InChI is InChI=1S/C14H22N2O2S/c1-3-14(6-4-7-14)15-12(18)10-9-19-13(2)8-5-11(17)16(10)13/h10H,3-9H2,1-2H3,(H,15,18)/t10-,13+/m1/s1. The van der Waals surface area contributed by atoms with Crippen LogP contribution in [0.15, 0.2) is 0 Å². The van der Waals surface area contributed by atoms with Crippen LogP contribution in [-0.2, 0) is 9.59 Å². The molecule has 0 aromatic carbocycles. The van der Waals surface area contributed by atoms with E-state index in [1.807, 2.05) is 4.90 Å². The van der Waals surface area contributed by atoms with Gasteiger partial charge >= 0.3 is 0 Å². The van der Waals surface area contributed by atoms with E-state index in [4.69, 9.17) is 0 Å². The number of amides is 2. The summed E-state index contributed by atoms with van der Waals surface area (Å²) in [6, 6.07) is -0.256. The number of carbonyl (C=O) groups excluding carboxylic acids is 2. The smallest absolute Gasteiger partial charge is 0.244 e. The third-order valence-corrected chi connectivity index (χ3v) is 6.63. The predicted octanol–water partition coefficient (Wildman–Crippen LogP) is 1.89. The molecule has 2 saturated heterocycles. The van der Waals surface area contributed by atoms with Gasteiger partial charge < -0.3 is 10.2 Å². The van der Waals surface area contributed by atoms with Crippen molar-refractivity contribution in [1.82, 2.24) is 10.2 Å². The van der Waals surface area contributed by atoms with E-state index in [-0.39, 0.29) is 28.3 Å². The molecule has 0 spiro atoms. The van der Waals surface area contributed by atoms with E-state index < -0.39 is 0 Å². The zero-order valence-electron chi connectivity index (χ0n) is 11.7. The van der Waals surface area contributed by atoms with E-state index >= 15 is 0 Å². The van der Waals surface area contributed by atoms with Crippen LogP contribution in [0.3, 0.4) is 0 Å². The van der Waals surface area contributed by atoms with Crippen molar-refractivity contribution >= 4 is 23.6 Å². The molecule has 0 unspecified atom stereocenters. The van der Waals surface area contributed by atoms with Crippen molar-refractivity contribution in [3.63, 3.8) is 0 Å². The molecule has 2 aliphatic heterocycles. The van der Waals surface area contributed by atoms with Gasteiger partial charge in [0, 0.05) is 17.7 Å². The van der Waals surface area contributed by atoms with Crippen LogP contribution in [0.2, 0.25) is 0 Å². The maximum absolute atomic E-state index is 12.5. The summed E-state index contributed by atoms with van der Waals surface area (Å²) in [6.45, 7) is 4.22. The largest absolute Gasteiger partial charge is 0.349 e. The first-order chi connectivity index (χ1) is 9.00. The highest BCUT2D eigenvalue weighted by Gasteiger charge is 2.53. The summed E-state index contributed by atoms with van der Waals surface area (Å²) in [5.41, 5.74) is 0.0174. The molecule has 2 amide bonds. The van der Waals surface area contributed by atoms with Gasteiger partial charge in [0.15, 0.2) is 0 Å². The maximum atomic E-state index is 12.5. The minimum absolute atomic E-state index is 0.0174. The molecule has 5 heteroatoms. The van der Waals surface area contributed by atoms with E-state index in [2.05, 4.69) is 19.2 Å². The van der Waals surface area contributed by atoms with Gasteiger partial charge in [-0.3, -0.25) is 9.59 Å². The Morgan fingerprint density at radius 1 is 1.47 bits per heavy atom. The van der Waals surface area contributed by atoms with Crippen LogP contribution in [0, 0.1) is 0 Å². The molecular formula is C14H22N2O2S. The molecule has 1 aliphatic carbocycles. The van der Waals surface area contributed by atoms with E-state index in [1.165, 1.54) is 6.42 Å². The fourth-order valence-corrected chi connectivity index (χ4v) is 4.96. The molecule has 106 valence electrons. The van der Waals surface area contributed by atoms with E-state index in [1.54, 1.807) is 11.8 Å². The molecule has 4 nitrogen and oxygen atoms in total. The quantitative estimate of drug-likeness (QED) is 0.860. The molecule has 1 N–H and O–H groups in total. The van der Waals surface area contributed by atoms with Gasteiger partial charge in [-0.05, 0) is 39.0 Å². The Labute approximate surface area is 118 Å². The second-order valence-corrected chi connectivity index (χ2v) is 7.74. The third-order valence-electron chi connectivity index (χ3n) is 5.12. The minimum Gasteiger partial charge on any atom is -0.349 e. The molecule has 3 rings (SSSR count). The second-order valence-electron chi connectivity index (χ2n) is 6.24. The summed E-state index contributed by atoms with van der Waals surface area (Å²) < 4.78 is 0. The van der Waals surface area contributed by atoms with Crippen molar-refractivity contribution in [2.75, 3.05) is 5.75 Å². The van der Waals surface area contributed by atoms with Crippen LogP contribution >= 0.6 is 11.8 Å². The summed E-state index contributed by atoms with van der Waals surface area (Å²) >= 11 is 1.76. The monoisotopic (exact) mass is 282 g/mol. The van der Waals surface area contributed by atoms with Gasteiger partial charge in [0.05, 0.1) is 4.87 Å².